The average molecular weight is 390 g/mol. The monoisotopic (exact) mass is 389 g/mol. The van der Waals surface area contributed by atoms with E-state index in [2.05, 4.69) is 47.9 Å². The van der Waals surface area contributed by atoms with Crippen LogP contribution in [0.5, 0.6) is 0 Å². The Morgan fingerprint density at radius 1 is 1.09 bits per heavy atom. The van der Waals surface area contributed by atoms with Gasteiger partial charge in [-0.05, 0) is 31.9 Å². The Bertz CT molecular complexity index is 722. The molecule has 0 radical (unpaired) electrons. The van der Waals surface area contributed by atoms with Crippen molar-refractivity contribution >= 4 is 38.3 Å². The molecule has 23 heavy (non-hydrogen) atoms. The van der Waals surface area contributed by atoms with Crippen LogP contribution < -0.4 is 4.98 Å². The van der Waals surface area contributed by atoms with E-state index in [0.717, 1.165) is 22.5 Å². The zero-order valence-corrected chi connectivity index (χ0v) is 15.5. The average Bonchev–Trinajstić information content (AvgIpc) is 2.92. The van der Waals surface area contributed by atoms with Crippen molar-refractivity contribution in [2.75, 3.05) is 0 Å². The molecule has 0 amide bonds. The fraction of sp³-hybridized carbons (Fsp3) is 0.188. The number of benzene rings is 1. The summed E-state index contributed by atoms with van der Waals surface area (Å²) < 4.78 is 0. The van der Waals surface area contributed by atoms with Crippen LogP contribution >= 0.6 is 20.2 Å². The molecule has 0 N–H and O–H groups in total. The van der Waals surface area contributed by atoms with Crippen molar-refractivity contribution in [3.63, 3.8) is 0 Å². The maximum absolute atomic E-state index is 8.37. The molecule has 4 nitrogen and oxygen atoms in total. The molecular weight excluding hydrogens is 375 g/mol. The first-order chi connectivity index (χ1) is 11.0. The number of hydrogen-bond donors (Lipinski definition) is 0. The summed E-state index contributed by atoms with van der Waals surface area (Å²) in [7, 11) is 9.53. The van der Waals surface area contributed by atoms with Gasteiger partial charge in [-0.3, -0.25) is 4.99 Å². The molecule has 2 rings (SSSR count). The van der Waals surface area contributed by atoms with Gasteiger partial charge in [0.25, 0.3) is 0 Å². The maximum atomic E-state index is 8.37. The van der Waals surface area contributed by atoms with Crippen molar-refractivity contribution in [2.24, 2.45) is 9.98 Å². The van der Waals surface area contributed by atoms with Gasteiger partial charge in [-0.1, -0.05) is 29.8 Å². The second kappa shape index (κ2) is 10.3. The predicted molar refractivity (Wildman–Crippen MR) is 92.6 cm³/mol. The molecule has 0 unspecified atom stereocenters. The molecule has 1 aromatic heterocycles. The molecule has 0 aliphatic rings. The van der Waals surface area contributed by atoms with Gasteiger partial charge in [0.05, 0.1) is 5.69 Å². The molecule has 0 fully saturated rings. The minimum atomic E-state index is 0.194. The summed E-state index contributed by atoms with van der Waals surface area (Å²) in [5.41, 5.74) is 5.92. The molecular formula is C16H15Cl2FeN4. The van der Waals surface area contributed by atoms with Crippen LogP contribution in [-0.2, 0) is 13.1 Å². The van der Waals surface area contributed by atoms with Crippen molar-refractivity contribution in [1.82, 2.24) is 4.98 Å². The van der Waals surface area contributed by atoms with Crippen molar-refractivity contribution in [3.05, 3.63) is 52.3 Å². The molecule has 0 spiro atoms. The summed E-state index contributed by atoms with van der Waals surface area (Å²) in [4.78, 5) is 12.3. The number of nitrogens with zero attached hydrogens (tertiary/aromatic N) is 4. The Balaban J connectivity index is 0.000000816. The Morgan fingerprint density at radius 2 is 1.61 bits per heavy atom. The third-order valence-corrected chi connectivity index (χ3v) is 2.90. The van der Waals surface area contributed by atoms with Crippen molar-refractivity contribution in [1.29, 1.82) is 5.26 Å². The van der Waals surface area contributed by atoms with Crippen molar-refractivity contribution in [3.8, 4) is 6.19 Å². The fourth-order valence-corrected chi connectivity index (χ4v) is 2.14. The van der Waals surface area contributed by atoms with E-state index < -0.39 is 0 Å². The van der Waals surface area contributed by atoms with Crippen LogP contribution in [0.15, 0.2) is 34.3 Å². The van der Waals surface area contributed by atoms with Gasteiger partial charge in [-0.25, -0.2) is 0 Å². The van der Waals surface area contributed by atoms with Crippen LogP contribution in [0.4, 0.5) is 5.69 Å². The second-order valence-electron chi connectivity index (χ2n) is 4.71. The number of nitriles is 1. The number of aryl methyl sites for hydroxylation is 3. The number of rotatable bonds is 3. The molecule has 0 saturated carbocycles. The first-order valence-corrected chi connectivity index (χ1v) is 9.58. The quantitative estimate of drug-likeness (QED) is 0.437. The van der Waals surface area contributed by atoms with Crippen LogP contribution in [0.1, 0.15) is 28.1 Å². The second-order valence-corrected chi connectivity index (χ2v) is 6.53. The van der Waals surface area contributed by atoms with Crippen LogP contribution in [0.2, 0.25) is 0 Å². The van der Waals surface area contributed by atoms with Crippen LogP contribution in [0.25, 0.3) is 0 Å². The standard InChI is InChI=1S/C16H15N4.2ClH.Fe/c1-11-6-12(2)16(13(3)7-11)19-9-15-5-4-14(20-15)8-18-10-17;;;/h4-9H,1-3H3;2*1H;/q-1;;;+3/p-2. The molecule has 0 bridgehead atoms. The van der Waals surface area contributed by atoms with Crippen molar-refractivity contribution < 1.29 is 13.1 Å². The summed E-state index contributed by atoms with van der Waals surface area (Å²) in [5, 5.41) is 8.37. The molecule has 121 valence electrons. The van der Waals surface area contributed by atoms with Gasteiger partial charge in [0.2, 0.25) is 6.19 Å². The van der Waals surface area contributed by atoms with Gasteiger partial charge in [0, 0.05) is 12.4 Å². The van der Waals surface area contributed by atoms with E-state index >= 15 is 0 Å². The number of halogens is 2. The third-order valence-electron chi connectivity index (χ3n) is 2.90. The summed E-state index contributed by atoms with van der Waals surface area (Å²) in [5.74, 6) is 0. The van der Waals surface area contributed by atoms with E-state index in [1.165, 1.54) is 11.8 Å². The van der Waals surface area contributed by atoms with E-state index in [9.17, 15) is 0 Å². The van der Waals surface area contributed by atoms with Gasteiger partial charge in [-0.2, -0.15) is 10.3 Å². The zero-order chi connectivity index (χ0) is 17.2. The summed E-state index contributed by atoms with van der Waals surface area (Å²) in [6.07, 6.45) is 4.86. The first kappa shape index (κ1) is 19.5. The molecule has 0 aliphatic carbocycles. The third kappa shape index (κ3) is 6.60. The molecule has 0 saturated heterocycles. The minimum absolute atomic E-state index is 0.194. The fourth-order valence-electron chi connectivity index (χ4n) is 2.14. The van der Waals surface area contributed by atoms with Gasteiger partial charge >= 0.3 is 33.3 Å². The van der Waals surface area contributed by atoms with Gasteiger partial charge in [0.1, 0.15) is 0 Å². The van der Waals surface area contributed by atoms with Crippen molar-refractivity contribution in [2.45, 2.75) is 20.8 Å². The normalized spacial score (nSPS) is 10.6. The molecule has 1 heterocycles. The van der Waals surface area contributed by atoms with E-state index in [0.29, 0.717) is 5.69 Å². The Labute approximate surface area is 150 Å². The summed E-state index contributed by atoms with van der Waals surface area (Å²) >= 11 is 0.194. The van der Waals surface area contributed by atoms with E-state index in [4.69, 9.17) is 25.5 Å². The van der Waals surface area contributed by atoms with Gasteiger partial charge < -0.3 is 4.98 Å². The topological polar surface area (TPSA) is 62.6 Å². The number of aromatic nitrogens is 1. The number of hydrogen-bond acceptors (Lipinski definition) is 3. The summed E-state index contributed by atoms with van der Waals surface area (Å²) in [6, 6.07) is 7.88. The Morgan fingerprint density at radius 3 is 2.13 bits per heavy atom. The first-order valence-electron chi connectivity index (χ1n) is 6.54. The van der Waals surface area contributed by atoms with E-state index in [1.54, 1.807) is 18.5 Å². The molecule has 7 heteroatoms. The van der Waals surface area contributed by atoms with E-state index in [-0.39, 0.29) is 13.1 Å². The van der Waals surface area contributed by atoms with E-state index in [1.807, 2.05) is 6.07 Å². The predicted octanol–water partition coefficient (Wildman–Crippen LogP) is 4.60. The molecule has 0 aliphatic heterocycles. The Kier molecular flexibility index (Phi) is 8.68. The zero-order valence-electron chi connectivity index (χ0n) is 12.9. The van der Waals surface area contributed by atoms with Gasteiger partial charge in [-0.15, -0.1) is 11.4 Å². The van der Waals surface area contributed by atoms with Crippen LogP contribution in [0, 0.1) is 32.2 Å². The number of aliphatic imine (C=N–C) groups is 2. The molecule has 0 atom stereocenters. The van der Waals surface area contributed by atoms with Crippen LogP contribution in [0.3, 0.4) is 0 Å². The summed E-state index contributed by atoms with van der Waals surface area (Å²) in [6.45, 7) is 6.18. The molecule has 1 aromatic carbocycles. The SMILES string of the molecule is Cc1cc(C)c(N=Cc2ccc(C=NC#N)[n-]2)c(C)c1.[Cl][Fe+][Cl]. The Hall–Kier alpha value is -1.57. The van der Waals surface area contributed by atoms with Crippen LogP contribution in [-0.4, -0.2) is 12.4 Å². The van der Waals surface area contributed by atoms with Gasteiger partial charge in [0.15, 0.2) is 0 Å². The molecule has 2 aromatic rings.